The van der Waals surface area contributed by atoms with E-state index < -0.39 is 18.5 Å². The van der Waals surface area contributed by atoms with E-state index >= 15 is 0 Å². The highest BCUT2D eigenvalue weighted by atomic mass is 35.5. The molecule has 0 aliphatic heterocycles. The molecule has 96 valence electrons. The Balaban J connectivity index is 0.00000225. The standard InChI is InChI=1S/C9H15F3N2O.ClH/c10-9(11,12)5-8(15)14-7-3-1-2-6(13)4-7;/h6-7H,1-5,13H2,(H,14,15);1H. The van der Waals surface area contributed by atoms with Crippen LogP contribution in [-0.4, -0.2) is 24.2 Å². The molecule has 2 atom stereocenters. The fourth-order valence-electron chi connectivity index (χ4n) is 1.82. The van der Waals surface area contributed by atoms with Crippen LogP contribution in [0.25, 0.3) is 0 Å². The van der Waals surface area contributed by atoms with Crippen LogP contribution >= 0.6 is 12.4 Å². The van der Waals surface area contributed by atoms with Gasteiger partial charge < -0.3 is 11.1 Å². The molecular formula is C9H16ClF3N2O. The van der Waals surface area contributed by atoms with Gasteiger partial charge >= 0.3 is 6.18 Å². The van der Waals surface area contributed by atoms with E-state index in [9.17, 15) is 18.0 Å². The van der Waals surface area contributed by atoms with Crippen LogP contribution in [0.5, 0.6) is 0 Å². The Bertz CT molecular complexity index is 235. The zero-order chi connectivity index (χ0) is 11.5. The molecule has 7 heteroatoms. The van der Waals surface area contributed by atoms with Gasteiger partial charge in [0, 0.05) is 12.1 Å². The van der Waals surface area contributed by atoms with E-state index in [4.69, 9.17) is 5.73 Å². The third-order valence-electron chi connectivity index (χ3n) is 2.44. The molecule has 1 fully saturated rings. The first-order chi connectivity index (χ1) is 6.87. The molecule has 1 aliphatic rings. The first-order valence-corrected chi connectivity index (χ1v) is 4.98. The van der Waals surface area contributed by atoms with E-state index in [2.05, 4.69) is 5.32 Å². The predicted molar refractivity (Wildman–Crippen MR) is 56.3 cm³/mol. The van der Waals surface area contributed by atoms with Crippen molar-refractivity contribution < 1.29 is 18.0 Å². The number of hydrogen-bond donors (Lipinski definition) is 2. The normalized spacial score (nSPS) is 25.8. The van der Waals surface area contributed by atoms with Crippen LogP contribution in [0.2, 0.25) is 0 Å². The molecule has 0 spiro atoms. The number of carbonyl (C=O) groups excluding carboxylic acids is 1. The molecule has 3 N–H and O–H groups in total. The van der Waals surface area contributed by atoms with Gasteiger partial charge in [-0.15, -0.1) is 12.4 Å². The summed E-state index contributed by atoms with van der Waals surface area (Å²) in [6.45, 7) is 0. The molecule has 0 saturated heterocycles. The minimum Gasteiger partial charge on any atom is -0.353 e. The lowest BCUT2D eigenvalue weighted by atomic mass is 9.91. The van der Waals surface area contributed by atoms with Crippen molar-refractivity contribution in [2.24, 2.45) is 5.73 Å². The van der Waals surface area contributed by atoms with Crippen LogP contribution in [0.3, 0.4) is 0 Å². The molecule has 2 unspecified atom stereocenters. The summed E-state index contributed by atoms with van der Waals surface area (Å²) < 4.78 is 35.6. The summed E-state index contributed by atoms with van der Waals surface area (Å²) in [7, 11) is 0. The first-order valence-electron chi connectivity index (χ1n) is 4.98. The fraction of sp³-hybridized carbons (Fsp3) is 0.889. The van der Waals surface area contributed by atoms with E-state index in [1.807, 2.05) is 0 Å². The molecule has 1 aliphatic carbocycles. The number of halogens is 4. The van der Waals surface area contributed by atoms with Gasteiger partial charge in [-0.3, -0.25) is 4.79 Å². The molecule has 1 rings (SSSR count). The number of carbonyl (C=O) groups is 1. The average molecular weight is 261 g/mol. The predicted octanol–water partition coefficient (Wildman–Crippen LogP) is 1.75. The minimum atomic E-state index is -4.43. The van der Waals surface area contributed by atoms with Gasteiger partial charge in [-0.2, -0.15) is 13.2 Å². The van der Waals surface area contributed by atoms with Gasteiger partial charge in [-0.25, -0.2) is 0 Å². The molecule has 0 radical (unpaired) electrons. The lowest BCUT2D eigenvalue weighted by molar-refractivity contribution is -0.154. The van der Waals surface area contributed by atoms with Crippen LogP contribution in [0, 0.1) is 0 Å². The Morgan fingerprint density at radius 2 is 2.00 bits per heavy atom. The summed E-state index contributed by atoms with van der Waals surface area (Å²) >= 11 is 0. The van der Waals surface area contributed by atoms with Crippen LogP contribution in [-0.2, 0) is 4.79 Å². The Morgan fingerprint density at radius 3 is 2.50 bits per heavy atom. The van der Waals surface area contributed by atoms with E-state index in [0.29, 0.717) is 6.42 Å². The van der Waals surface area contributed by atoms with Crippen LogP contribution in [0.1, 0.15) is 32.1 Å². The van der Waals surface area contributed by atoms with E-state index in [0.717, 1.165) is 19.3 Å². The van der Waals surface area contributed by atoms with Crippen molar-refractivity contribution in [3.63, 3.8) is 0 Å². The van der Waals surface area contributed by atoms with Crippen molar-refractivity contribution in [2.75, 3.05) is 0 Å². The molecule has 1 amide bonds. The highest BCUT2D eigenvalue weighted by molar-refractivity contribution is 5.85. The smallest absolute Gasteiger partial charge is 0.353 e. The molecule has 0 heterocycles. The summed E-state index contributed by atoms with van der Waals surface area (Å²) in [6, 6.07) is -0.196. The zero-order valence-electron chi connectivity index (χ0n) is 8.72. The van der Waals surface area contributed by atoms with Crippen LogP contribution < -0.4 is 11.1 Å². The van der Waals surface area contributed by atoms with Crippen molar-refractivity contribution in [1.82, 2.24) is 5.32 Å². The van der Waals surface area contributed by atoms with Crippen LogP contribution in [0.15, 0.2) is 0 Å². The SMILES string of the molecule is Cl.NC1CCCC(NC(=O)CC(F)(F)F)C1. The third kappa shape index (κ3) is 6.17. The Kier molecular flexibility index (Phi) is 6.10. The number of nitrogens with two attached hydrogens (primary N) is 1. The summed E-state index contributed by atoms with van der Waals surface area (Å²) in [6.07, 6.45) is -2.80. The largest absolute Gasteiger partial charge is 0.397 e. The molecular weight excluding hydrogens is 245 g/mol. The van der Waals surface area contributed by atoms with Crippen molar-refractivity contribution in [1.29, 1.82) is 0 Å². The van der Waals surface area contributed by atoms with Gasteiger partial charge in [-0.05, 0) is 25.7 Å². The Morgan fingerprint density at radius 1 is 1.38 bits per heavy atom. The number of alkyl halides is 3. The minimum absolute atomic E-state index is 0. The second-order valence-corrected chi connectivity index (χ2v) is 3.98. The lowest BCUT2D eigenvalue weighted by Gasteiger charge is -2.27. The zero-order valence-corrected chi connectivity index (χ0v) is 9.53. The van der Waals surface area contributed by atoms with E-state index in [-0.39, 0.29) is 24.5 Å². The molecule has 16 heavy (non-hydrogen) atoms. The van der Waals surface area contributed by atoms with Crippen LogP contribution in [0.4, 0.5) is 13.2 Å². The highest BCUT2D eigenvalue weighted by Gasteiger charge is 2.32. The fourth-order valence-corrected chi connectivity index (χ4v) is 1.82. The van der Waals surface area contributed by atoms with Gasteiger partial charge in [0.15, 0.2) is 0 Å². The Hall–Kier alpha value is -0.490. The molecule has 3 nitrogen and oxygen atoms in total. The second kappa shape index (κ2) is 6.30. The summed E-state index contributed by atoms with van der Waals surface area (Å²) in [5, 5.41) is 2.37. The Labute approximate surface area is 98.4 Å². The maximum atomic E-state index is 11.9. The van der Waals surface area contributed by atoms with Crippen molar-refractivity contribution in [3.05, 3.63) is 0 Å². The third-order valence-corrected chi connectivity index (χ3v) is 2.44. The summed E-state index contributed by atoms with van der Waals surface area (Å²) in [4.78, 5) is 11.0. The van der Waals surface area contributed by atoms with E-state index in [1.54, 1.807) is 0 Å². The van der Waals surface area contributed by atoms with Gasteiger partial charge in [0.1, 0.15) is 6.42 Å². The number of hydrogen-bond acceptors (Lipinski definition) is 2. The summed E-state index contributed by atoms with van der Waals surface area (Å²) in [5.74, 6) is -0.957. The quantitative estimate of drug-likeness (QED) is 0.795. The van der Waals surface area contributed by atoms with Gasteiger partial charge in [0.2, 0.25) is 5.91 Å². The second-order valence-electron chi connectivity index (χ2n) is 3.98. The summed E-state index contributed by atoms with van der Waals surface area (Å²) in [5.41, 5.74) is 5.65. The number of amides is 1. The van der Waals surface area contributed by atoms with Crippen molar-refractivity contribution in [3.8, 4) is 0 Å². The molecule has 0 aromatic rings. The number of rotatable bonds is 2. The van der Waals surface area contributed by atoms with Crippen molar-refractivity contribution >= 4 is 18.3 Å². The molecule has 0 aromatic carbocycles. The van der Waals surface area contributed by atoms with E-state index in [1.165, 1.54) is 0 Å². The number of nitrogens with one attached hydrogen (secondary N) is 1. The average Bonchev–Trinajstić information content (AvgIpc) is 1.99. The molecule has 1 saturated carbocycles. The molecule has 0 bridgehead atoms. The van der Waals surface area contributed by atoms with Gasteiger partial charge in [-0.1, -0.05) is 0 Å². The first kappa shape index (κ1) is 15.5. The topological polar surface area (TPSA) is 55.1 Å². The lowest BCUT2D eigenvalue weighted by Crippen LogP contribution is -2.43. The maximum Gasteiger partial charge on any atom is 0.397 e. The van der Waals surface area contributed by atoms with Gasteiger partial charge in [0.25, 0.3) is 0 Å². The highest BCUT2D eigenvalue weighted by Crippen LogP contribution is 2.21. The van der Waals surface area contributed by atoms with Gasteiger partial charge in [0.05, 0.1) is 0 Å². The van der Waals surface area contributed by atoms with Crippen molar-refractivity contribution in [2.45, 2.75) is 50.4 Å². The maximum absolute atomic E-state index is 11.9. The monoisotopic (exact) mass is 260 g/mol. The molecule has 0 aromatic heterocycles.